The molecule has 0 spiro atoms. The standard InChI is InChI=1S/C26H33N3O4S2/c1-32-19-6-8-23-21(16-19)20(9-11-27-23)24(28-33-2)7-5-18-10-12-29(17-22(18)26(30)31)13-15-35-25-4-3-14-34-25/h3-4,6,8-9,11,14,16,18,22,24,28H,5,7,10,12-13,15,17H2,1-2H3,(H,30,31)/t18-,22+,24+/m1/s1. The molecule has 4 rings (SSSR count). The van der Waals surface area contributed by atoms with Crippen LogP contribution in [-0.2, 0) is 9.63 Å². The van der Waals surface area contributed by atoms with Crippen LogP contribution in [0.5, 0.6) is 5.75 Å². The van der Waals surface area contributed by atoms with E-state index in [-0.39, 0.29) is 17.9 Å². The molecule has 1 aliphatic rings. The molecule has 0 aliphatic carbocycles. The number of aromatic nitrogens is 1. The van der Waals surface area contributed by atoms with Gasteiger partial charge in [0.1, 0.15) is 5.75 Å². The molecular weight excluding hydrogens is 482 g/mol. The summed E-state index contributed by atoms with van der Waals surface area (Å²) in [4.78, 5) is 24.3. The number of likely N-dealkylation sites (tertiary alicyclic amines) is 1. The van der Waals surface area contributed by atoms with E-state index in [9.17, 15) is 9.90 Å². The van der Waals surface area contributed by atoms with Crippen LogP contribution in [0.25, 0.3) is 10.9 Å². The molecule has 0 unspecified atom stereocenters. The largest absolute Gasteiger partial charge is 0.497 e. The van der Waals surface area contributed by atoms with E-state index >= 15 is 0 Å². The van der Waals surface area contributed by atoms with E-state index in [0.29, 0.717) is 6.54 Å². The van der Waals surface area contributed by atoms with E-state index in [1.54, 1.807) is 31.8 Å². The van der Waals surface area contributed by atoms with Gasteiger partial charge in [0.15, 0.2) is 0 Å². The van der Waals surface area contributed by atoms with Gasteiger partial charge in [-0.25, -0.2) is 0 Å². The number of hydrogen-bond acceptors (Lipinski definition) is 8. The number of benzene rings is 1. The molecule has 0 amide bonds. The number of carboxylic acids is 1. The molecule has 35 heavy (non-hydrogen) atoms. The van der Waals surface area contributed by atoms with Gasteiger partial charge in [0.25, 0.3) is 0 Å². The summed E-state index contributed by atoms with van der Waals surface area (Å²) < 4.78 is 6.73. The Morgan fingerprint density at radius 3 is 2.97 bits per heavy atom. The first kappa shape index (κ1) is 25.9. The first-order chi connectivity index (χ1) is 17.1. The van der Waals surface area contributed by atoms with Crippen LogP contribution in [0, 0.1) is 11.8 Å². The summed E-state index contributed by atoms with van der Waals surface area (Å²) in [5.41, 5.74) is 5.10. The molecule has 0 bridgehead atoms. The van der Waals surface area contributed by atoms with Crippen LogP contribution in [0.1, 0.15) is 30.9 Å². The number of pyridine rings is 1. The highest BCUT2D eigenvalue weighted by Crippen LogP contribution is 2.34. The summed E-state index contributed by atoms with van der Waals surface area (Å²) in [6.45, 7) is 2.47. The Kier molecular flexibility index (Phi) is 9.39. The van der Waals surface area contributed by atoms with Crippen LogP contribution < -0.4 is 10.2 Å². The number of thiophene rings is 1. The molecule has 1 saturated heterocycles. The Morgan fingerprint density at radius 1 is 1.34 bits per heavy atom. The van der Waals surface area contributed by atoms with Gasteiger partial charge in [-0.3, -0.25) is 9.78 Å². The number of nitrogens with one attached hydrogen (secondary N) is 1. The zero-order valence-corrected chi connectivity index (χ0v) is 21.8. The SMILES string of the molecule is CON[C@@H](CC[C@@H]1CCN(CCSc2cccs2)C[C@@H]1C(=O)O)c1ccnc2ccc(OC)cc12. The molecule has 3 aromatic rings. The Balaban J connectivity index is 1.40. The molecular formula is C26H33N3O4S2. The zero-order valence-electron chi connectivity index (χ0n) is 20.2. The highest BCUT2D eigenvalue weighted by molar-refractivity contribution is 8.01. The fourth-order valence-electron chi connectivity index (χ4n) is 4.90. The van der Waals surface area contributed by atoms with Gasteiger partial charge in [-0.15, -0.1) is 23.1 Å². The van der Waals surface area contributed by atoms with Crippen molar-refractivity contribution < 1.29 is 19.5 Å². The van der Waals surface area contributed by atoms with Crippen LogP contribution in [0.2, 0.25) is 0 Å². The number of aliphatic carboxylic acids is 1. The lowest BCUT2D eigenvalue weighted by Crippen LogP contribution is -2.44. The number of thioether (sulfide) groups is 1. The lowest BCUT2D eigenvalue weighted by atomic mass is 9.81. The van der Waals surface area contributed by atoms with Crippen molar-refractivity contribution in [2.24, 2.45) is 11.8 Å². The Hall–Kier alpha value is -2.17. The topological polar surface area (TPSA) is 83.9 Å². The van der Waals surface area contributed by atoms with Gasteiger partial charge in [-0.2, -0.15) is 5.48 Å². The second-order valence-corrected chi connectivity index (χ2v) is 11.2. The fourth-order valence-corrected chi connectivity index (χ4v) is 6.76. The number of hydroxylamine groups is 1. The Bertz CT molecular complexity index is 1100. The number of ether oxygens (including phenoxy) is 1. The monoisotopic (exact) mass is 515 g/mol. The quantitative estimate of drug-likeness (QED) is 0.255. The van der Waals surface area contributed by atoms with Gasteiger partial charge < -0.3 is 19.6 Å². The Labute approximate surface area is 214 Å². The number of fused-ring (bicyclic) bond motifs is 1. The van der Waals surface area contributed by atoms with Gasteiger partial charge in [-0.1, -0.05) is 6.07 Å². The van der Waals surface area contributed by atoms with Crippen molar-refractivity contribution in [3.05, 3.63) is 53.5 Å². The fraction of sp³-hybridized carbons (Fsp3) is 0.462. The third-order valence-electron chi connectivity index (χ3n) is 6.75. The first-order valence-electron chi connectivity index (χ1n) is 11.9. The highest BCUT2D eigenvalue weighted by atomic mass is 32.2. The van der Waals surface area contributed by atoms with Gasteiger partial charge in [-0.05, 0) is 73.0 Å². The smallest absolute Gasteiger partial charge is 0.308 e. The van der Waals surface area contributed by atoms with Crippen LogP contribution in [0.15, 0.2) is 52.2 Å². The van der Waals surface area contributed by atoms with Gasteiger partial charge >= 0.3 is 5.97 Å². The summed E-state index contributed by atoms with van der Waals surface area (Å²) >= 11 is 3.60. The van der Waals surface area contributed by atoms with E-state index in [4.69, 9.17) is 9.57 Å². The molecule has 3 heterocycles. The molecule has 9 heteroatoms. The lowest BCUT2D eigenvalue weighted by Gasteiger charge is -2.37. The summed E-state index contributed by atoms with van der Waals surface area (Å²) in [5.74, 6) is 0.848. The van der Waals surface area contributed by atoms with Crippen molar-refractivity contribution in [1.29, 1.82) is 0 Å². The third kappa shape index (κ3) is 6.74. The minimum Gasteiger partial charge on any atom is -0.497 e. The third-order valence-corrected chi connectivity index (χ3v) is 8.86. The summed E-state index contributed by atoms with van der Waals surface area (Å²) in [5, 5.41) is 13.1. The van der Waals surface area contributed by atoms with Gasteiger partial charge in [0.05, 0.1) is 35.9 Å². The van der Waals surface area contributed by atoms with E-state index in [2.05, 4.69) is 32.9 Å². The number of carboxylic acid groups (broad SMARTS) is 1. The second-order valence-electron chi connectivity index (χ2n) is 8.81. The van der Waals surface area contributed by atoms with Gasteiger partial charge in [0, 0.05) is 30.4 Å². The van der Waals surface area contributed by atoms with Crippen LogP contribution in [-0.4, -0.2) is 60.6 Å². The van der Waals surface area contributed by atoms with Crippen LogP contribution in [0.4, 0.5) is 0 Å². The van der Waals surface area contributed by atoms with Crippen LogP contribution >= 0.6 is 23.1 Å². The highest BCUT2D eigenvalue weighted by Gasteiger charge is 2.34. The number of carbonyl (C=O) groups is 1. The first-order valence-corrected chi connectivity index (χ1v) is 13.8. The molecule has 2 N–H and O–H groups in total. The number of hydrogen-bond donors (Lipinski definition) is 2. The van der Waals surface area contributed by atoms with E-state index in [1.807, 2.05) is 36.0 Å². The maximum Gasteiger partial charge on any atom is 0.308 e. The molecule has 7 nitrogen and oxygen atoms in total. The molecule has 2 aromatic heterocycles. The summed E-state index contributed by atoms with van der Waals surface area (Å²) in [6, 6.07) is 12.0. The maximum atomic E-state index is 12.2. The predicted octanol–water partition coefficient (Wildman–Crippen LogP) is 5.09. The van der Waals surface area contributed by atoms with Crippen molar-refractivity contribution in [2.45, 2.75) is 29.5 Å². The molecule has 0 radical (unpaired) electrons. The predicted molar refractivity (Wildman–Crippen MR) is 141 cm³/mol. The molecule has 188 valence electrons. The van der Waals surface area contributed by atoms with Crippen molar-refractivity contribution in [1.82, 2.24) is 15.4 Å². The van der Waals surface area contributed by atoms with Crippen molar-refractivity contribution in [2.75, 3.05) is 39.6 Å². The van der Waals surface area contributed by atoms with Crippen molar-refractivity contribution >= 4 is 40.0 Å². The number of methoxy groups -OCH3 is 1. The molecule has 1 fully saturated rings. The molecule has 0 saturated carbocycles. The number of rotatable bonds is 12. The van der Waals surface area contributed by atoms with Crippen molar-refractivity contribution in [3.63, 3.8) is 0 Å². The zero-order chi connectivity index (χ0) is 24.6. The van der Waals surface area contributed by atoms with Crippen molar-refractivity contribution in [3.8, 4) is 5.75 Å². The average molecular weight is 516 g/mol. The molecule has 1 aliphatic heterocycles. The average Bonchev–Trinajstić information content (AvgIpc) is 3.40. The molecule has 1 aromatic carbocycles. The minimum absolute atomic E-state index is 0.0766. The maximum absolute atomic E-state index is 12.2. The second kappa shape index (κ2) is 12.7. The lowest BCUT2D eigenvalue weighted by molar-refractivity contribution is -0.146. The number of piperidine rings is 1. The van der Waals surface area contributed by atoms with E-state index < -0.39 is 5.97 Å². The van der Waals surface area contributed by atoms with E-state index in [0.717, 1.165) is 60.3 Å². The summed E-state index contributed by atoms with van der Waals surface area (Å²) in [7, 11) is 3.27. The van der Waals surface area contributed by atoms with Gasteiger partial charge in [0.2, 0.25) is 0 Å². The molecule has 3 atom stereocenters. The van der Waals surface area contributed by atoms with E-state index in [1.165, 1.54) is 4.21 Å². The normalized spacial score (nSPS) is 19.6. The minimum atomic E-state index is -0.694. The summed E-state index contributed by atoms with van der Waals surface area (Å²) in [6.07, 6.45) is 4.28. The number of nitrogens with zero attached hydrogens (tertiary/aromatic N) is 2. The van der Waals surface area contributed by atoms with Crippen LogP contribution in [0.3, 0.4) is 0 Å². The Morgan fingerprint density at radius 2 is 2.23 bits per heavy atom.